The molecule has 0 aromatic carbocycles. The van der Waals surface area contributed by atoms with E-state index in [4.69, 9.17) is 0 Å². The zero-order valence-corrected chi connectivity index (χ0v) is 12.6. The molecule has 0 heteroatoms. The van der Waals surface area contributed by atoms with Crippen molar-refractivity contribution in [1.82, 2.24) is 0 Å². The molecule has 4 aliphatic carbocycles. The predicted octanol–water partition coefficient (Wildman–Crippen LogP) is 5.23. The fourth-order valence-corrected chi connectivity index (χ4v) is 3.87. The number of hydrogen-bond acceptors (Lipinski definition) is 0. The molecular weight excluding hydrogens is 252 g/mol. The van der Waals surface area contributed by atoms with Gasteiger partial charge in [0.1, 0.15) is 0 Å². The maximum Gasteiger partial charge on any atom is 0.0208 e. The summed E-state index contributed by atoms with van der Waals surface area (Å²) in [6, 6.07) is 0. The first-order valence-corrected chi connectivity index (χ1v) is 7.73. The van der Waals surface area contributed by atoms with Crippen LogP contribution < -0.4 is 0 Å². The summed E-state index contributed by atoms with van der Waals surface area (Å²) in [6.45, 7) is 4.71. The summed E-state index contributed by atoms with van der Waals surface area (Å²) in [7, 11) is 0. The normalized spacial score (nSPS) is 28.9. The Morgan fingerprint density at radius 3 is 1.57 bits per heavy atom. The molecule has 0 fully saturated rings. The van der Waals surface area contributed by atoms with Gasteiger partial charge in [0.15, 0.2) is 0 Å². The predicted molar refractivity (Wildman–Crippen MR) is 89.7 cm³/mol. The van der Waals surface area contributed by atoms with Crippen LogP contribution in [0, 0.1) is 17.3 Å². The molecule has 4 rings (SSSR count). The monoisotopic (exact) mass is 272 g/mol. The minimum absolute atomic E-state index is 0.0478. The van der Waals surface area contributed by atoms with E-state index in [1.54, 1.807) is 0 Å². The van der Waals surface area contributed by atoms with E-state index in [1.165, 1.54) is 22.3 Å². The SMILES string of the molecule is CC(C)(C1=C2C=CC=CC2C=C1)C1=C2C=CC=CC2C=C1. The molecule has 0 heterocycles. The molecule has 0 saturated carbocycles. The van der Waals surface area contributed by atoms with Crippen LogP contribution in [-0.2, 0) is 0 Å². The van der Waals surface area contributed by atoms with Crippen LogP contribution in [0.5, 0.6) is 0 Å². The Balaban J connectivity index is 1.82. The molecule has 2 unspecified atom stereocenters. The molecule has 21 heavy (non-hydrogen) atoms. The van der Waals surface area contributed by atoms with Crippen molar-refractivity contribution in [2.24, 2.45) is 17.3 Å². The summed E-state index contributed by atoms with van der Waals surface area (Å²) >= 11 is 0. The van der Waals surface area contributed by atoms with Gasteiger partial charge in [0, 0.05) is 17.3 Å². The molecule has 0 aromatic rings. The first kappa shape index (κ1) is 12.6. The lowest BCUT2D eigenvalue weighted by Crippen LogP contribution is -2.18. The van der Waals surface area contributed by atoms with Crippen LogP contribution in [-0.4, -0.2) is 0 Å². The van der Waals surface area contributed by atoms with Crippen LogP contribution in [0.15, 0.2) is 95.2 Å². The van der Waals surface area contributed by atoms with Crippen LogP contribution in [0.1, 0.15) is 13.8 Å². The maximum absolute atomic E-state index is 2.36. The third kappa shape index (κ3) is 1.82. The van der Waals surface area contributed by atoms with Crippen LogP contribution in [0.2, 0.25) is 0 Å². The van der Waals surface area contributed by atoms with Gasteiger partial charge in [-0.25, -0.2) is 0 Å². The maximum atomic E-state index is 2.36. The van der Waals surface area contributed by atoms with E-state index in [9.17, 15) is 0 Å². The summed E-state index contributed by atoms with van der Waals surface area (Å²) < 4.78 is 0. The van der Waals surface area contributed by atoms with E-state index in [2.05, 4.69) is 86.8 Å². The van der Waals surface area contributed by atoms with Gasteiger partial charge in [-0.2, -0.15) is 0 Å². The van der Waals surface area contributed by atoms with E-state index in [-0.39, 0.29) is 5.41 Å². The summed E-state index contributed by atoms with van der Waals surface area (Å²) in [6.07, 6.45) is 27.0. The molecule has 2 atom stereocenters. The fraction of sp³-hybridized carbons (Fsp3) is 0.238. The van der Waals surface area contributed by atoms with Gasteiger partial charge in [0.2, 0.25) is 0 Å². The van der Waals surface area contributed by atoms with E-state index in [0.29, 0.717) is 11.8 Å². The van der Waals surface area contributed by atoms with Crippen molar-refractivity contribution < 1.29 is 0 Å². The Labute approximate surface area is 126 Å². The minimum atomic E-state index is 0.0478. The van der Waals surface area contributed by atoms with Gasteiger partial charge >= 0.3 is 0 Å². The van der Waals surface area contributed by atoms with E-state index >= 15 is 0 Å². The van der Waals surface area contributed by atoms with Crippen molar-refractivity contribution >= 4 is 0 Å². The highest BCUT2D eigenvalue weighted by Gasteiger charge is 2.35. The molecule has 0 saturated heterocycles. The van der Waals surface area contributed by atoms with Crippen molar-refractivity contribution in [1.29, 1.82) is 0 Å². The molecule has 0 amide bonds. The van der Waals surface area contributed by atoms with Gasteiger partial charge < -0.3 is 0 Å². The zero-order valence-electron chi connectivity index (χ0n) is 12.6. The molecular formula is C21H20. The molecule has 0 nitrogen and oxygen atoms in total. The van der Waals surface area contributed by atoms with Gasteiger partial charge in [-0.1, -0.05) is 86.8 Å². The molecule has 0 radical (unpaired) electrons. The van der Waals surface area contributed by atoms with E-state index in [0.717, 1.165) is 0 Å². The van der Waals surface area contributed by atoms with Gasteiger partial charge in [0.25, 0.3) is 0 Å². The molecule has 0 aliphatic heterocycles. The number of hydrogen-bond donors (Lipinski definition) is 0. The van der Waals surface area contributed by atoms with Crippen LogP contribution >= 0.6 is 0 Å². The first-order chi connectivity index (χ1) is 10.2. The lowest BCUT2D eigenvalue weighted by Gasteiger charge is -2.30. The number of rotatable bonds is 2. The second kappa shape index (κ2) is 4.46. The summed E-state index contributed by atoms with van der Waals surface area (Å²) in [4.78, 5) is 0. The molecule has 4 aliphatic rings. The van der Waals surface area contributed by atoms with Gasteiger partial charge in [0.05, 0.1) is 0 Å². The molecule has 0 spiro atoms. The third-order valence-electron chi connectivity index (χ3n) is 5.04. The largest absolute Gasteiger partial charge is 0.0732 e. The van der Waals surface area contributed by atoms with Crippen LogP contribution in [0.3, 0.4) is 0 Å². The third-order valence-corrected chi connectivity index (χ3v) is 5.04. The van der Waals surface area contributed by atoms with Crippen LogP contribution in [0.25, 0.3) is 0 Å². The Morgan fingerprint density at radius 1 is 0.619 bits per heavy atom. The molecule has 0 aromatic heterocycles. The Bertz CT molecular complexity index is 662. The standard InChI is InChI=1S/C21H20/c1-21(2,19-13-11-15-7-3-5-9-17(15)19)20-14-12-16-8-4-6-10-18(16)20/h3-16H,1-2H3. The lowest BCUT2D eigenvalue weighted by molar-refractivity contribution is 0.558. The Morgan fingerprint density at radius 2 is 1.10 bits per heavy atom. The summed E-state index contributed by atoms with van der Waals surface area (Å²) in [5.74, 6) is 0.940. The second-order valence-electron chi connectivity index (χ2n) is 6.62. The highest BCUT2D eigenvalue weighted by Crippen LogP contribution is 2.48. The van der Waals surface area contributed by atoms with Crippen molar-refractivity contribution in [3.8, 4) is 0 Å². The van der Waals surface area contributed by atoms with Crippen molar-refractivity contribution in [2.45, 2.75) is 13.8 Å². The van der Waals surface area contributed by atoms with Crippen LogP contribution in [0.4, 0.5) is 0 Å². The number of fused-ring (bicyclic) bond motifs is 2. The van der Waals surface area contributed by atoms with Crippen molar-refractivity contribution in [3.63, 3.8) is 0 Å². The summed E-state index contributed by atoms with van der Waals surface area (Å²) in [5, 5.41) is 0. The molecule has 104 valence electrons. The highest BCUT2D eigenvalue weighted by molar-refractivity contribution is 5.59. The lowest BCUT2D eigenvalue weighted by atomic mass is 9.73. The summed E-state index contributed by atoms with van der Waals surface area (Å²) in [5.41, 5.74) is 5.89. The minimum Gasteiger partial charge on any atom is -0.0732 e. The highest BCUT2D eigenvalue weighted by atomic mass is 14.4. The first-order valence-electron chi connectivity index (χ1n) is 7.73. The topological polar surface area (TPSA) is 0 Å². The van der Waals surface area contributed by atoms with Gasteiger partial charge in [-0.15, -0.1) is 0 Å². The van der Waals surface area contributed by atoms with Crippen molar-refractivity contribution in [3.05, 3.63) is 95.2 Å². The quantitative estimate of drug-likeness (QED) is 0.645. The smallest absolute Gasteiger partial charge is 0.0208 e. The van der Waals surface area contributed by atoms with Gasteiger partial charge in [-0.05, 0) is 22.3 Å². The Kier molecular flexibility index (Phi) is 2.68. The Hall–Kier alpha value is -2.08. The zero-order chi connectivity index (χ0) is 14.4. The van der Waals surface area contributed by atoms with Gasteiger partial charge in [-0.3, -0.25) is 0 Å². The number of allylic oxidation sites excluding steroid dienone is 16. The second-order valence-corrected chi connectivity index (χ2v) is 6.62. The van der Waals surface area contributed by atoms with E-state index in [1.807, 2.05) is 0 Å². The molecule has 0 bridgehead atoms. The molecule has 0 N–H and O–H groups in total. The fourth-order valence-electron chi connectivity index (χ4n) is 3.87. The van der Waals surface area contributed by atoms with Crippen molar-refractivity contribution in [2.75, 3.05) is 0 Å². The average Bonchev–Trinajstić information content (AvgIpc) is 3.12. The average molecular weight is 272 g/mol. The van der Waals surface area contributed by atoms with E-state index < -0.39 is 0 Å².